The molecule has 0 spiro atoms. The lowest BCUT2D eigenvalue weighted by molar-refractivity contribution is -0.121. The number of hydrogen-bond acceptors (Lipinski definition) is 2. The van der Waals surface area contributed by atoms with Crippen LogP contribution in [0.25, 0.3) is 0 Å². The highest BCUT2D eigenvalue weighted by Crippen LogP contribution is 2.04. The lowest BCUT2D eigenvalue weighted by Crippen LogP contribution is -2.32. The van der Waals surface area contributed by atoms with Gasteiger partial charge in [0.2, 0.25) is 5.91 Å². The highest BCUT2D eigenvalue weighted by Gasteiger charge is 2.14. The molecule has 0 bridgehead atoms. The first-order valence-electron chi connectivity index (χ1n) is 2.98. The van der Waals surface area contributed by atoms with Gasteiger partial charge in [0, 0.05) is 6.54 Å². The summed E-state index contributed by atoms with van der Waals surface area (Å²) in [6.07, 6.45) is 4.54. The smallest absolute Gasteiger partial charge is 0.222 e. The van der Waals surface area contributed by atoms with Gasteiger partial charge in [-0.05, 0) is 12.6 Å². The summed E-state index contributed by atoms with van der Waals surface area (Å²) in [5, 5.41) is 2.93. The summed E-state index contributed by atoms with van der Waals surface area (Å²) >= 11 is 0. The summed E-state index contributed by atoms with van der Waals surface area (Å²) in [5.74, 6) is -0.221. The summed E-state index contributed by atoms with van der Waals surface area (Å²) in [4.78, 5) is 10.5. The number of nitrogens with one attached hydrogen (secondary N) is 1. The van der Waals surface area contributed by atoms with Crippen molar-refractivity contribution < 1.29 is 4.79 Å². The molecule has 1 rings (SSSR count). The molecule has 0 saturated carbocycles. The molecule has 0 aromatic heterocycles. The van der Waals surface area contributed by atoms with Gasteiger partial charge in [0.05, 0.1) is 5.92 Å². The largest absolute Gasteiger partial charge is 0.390 e. The molecule has 3 N–H and O–H groups in total. The van der Waals surface area contributed by atoms with Crippen LogP contribution >= 0.6 is 0 Å². The van der Waals surface area contributed by atoms with Crippen LogP contribution < -0.4 is 11.1 Å². The fourth-order valence-electron chi connectivity index (χ4n) is 0.826. The van der Waals surface area contributed by atoms with Gasteiger partial charge in [-0.15, -0.1) is 0 Å². The van der Waals surface area contributed by atoms with Crippen molar-refractivity contribution in [2.45, 2.75) is 6.42 Å². The monoisotopic (exact) mass is 126 g/mol. The molecule has 1 heterocycles. The topological polar surface area (TPSA) is 55.1 Å². The van der Waals surface area contributed by atoms with E-state index in [2.05, 4.69) is 5.32 Å². The van der Waals surface area contributed by atoms with Crippen molar-refractivity contribution in [2.75, 3.05) is 6.54 Å². The Morgan fingerprint density at radius 2 is 2.56 bits per heavy atom. The maximum Gasteiger partial charge on any atom is 0.222 e. The van der Waals surface area contributed by atoms with Crippen LogP contribution in [0, 0.1) is 5.92 Å². The van der Waals surface area contributed by atoms with E-state index in [0.717, 1.165) is 6.42 Å². The quantitative estimate of drug-likeness (QED) is 0.502. The number of amides is 1. The normalized spacial score (nSPS) is 25.1. The number of primary amides is 1. The Balaban J connectivity index is 2.44. The first-order chi connectivity index (χ1) is 4.30. The van der Waals surface area contributed by atoms with Gasteiger partial charge in [0.25, 0.3) is 0 Å². The fraction of sp³-hybridized carbons (Fsp3) is 0.500. The number of rotatable bonds is 1. The van der Waals surface area contributed by atoms with E-state index in [-0.39, 0.29) is 11.8 Å². The fourth-order valence-corrected chi connectivity index (χ4v) is 0.826. The average molecular weight is 126 g/mol. The standard InChI is InChI=1S/C6H10N2O/c7-6(9)5-2-1-3-8-4-5/h1,3,5,8H,2,4H2,(H2,7,9). The Kier molecular flexibility index (Phi) is 1.72. The van der Waals surface area contributed by atoms with Crippen LogP contribution in [-0.2, 0) is 4.79 Å². The zero-order valence-corrected chi connectivity index (χ0v) is 5.13. The zero-order valence-electron chi connectivity index (χ0n) is 5.13. The minimum Gasteiger partial charge on any atom is -0.390 e. The Labute approximate surface area is 53.9 Å². The number of carbonyl (C=O) groups is 1. The predicted molar refractivity (Wildman–Crippen MR) is 34.4 cm³/mol. The first-order valence-corrected chi connectivity index (χ1v) is 2.98. The van der Waals surface area contributed by atoms with E-state index < -0.39 is 0 Å². The predicted octanol–water partition coefficient (Wildman–Crippen LogP) is -0.405. The van der Waals surface area contributed by atoms with Crippen molar-refractivity contribution in [1.82, 2.24) is 5.32 Å². The van der Waals surface area contributed by atoms with Crippen molar-refractivity contribution in [3.8, 4) is 0 Å². The Hall–Kier alpha value is -0.990. The minimum absolute atomic E-state index is 0.00463. The third-order valence-corrected chi connectivity index (χ3v) is 1.42. The van der Waals surface area contributed by atoms with E-state index in [4.69, 9.17) is 5.73 Å². The van der Waals surface area contributed by atoms with Crippen molar-refractivity contribution in [2.24, 2.45) is 11.7 Å². The second-order valence-electron chi connectivity index (χ2n) is 2.15. The Morgan fingerprint density at radius 1 is 1.78 bits per heavy atom. The van der Waals surface area contributed by atoms with Crippen LogP contribution in [-0.4, -0.2) is 12.5 Å². The molecule has 1 unspecified atom stereocenters. The van der Waals surface area contributed by atoms with Gasteiger partial charge >= 0.3 is 0 Å². The number of hydrogen-bond donors (Lipinski definition) is 2. The van der Waals surface area contributed by atoms with E-state index in [9.17, 15) is 4.79 Å². The third kappa shape index (κ3) is 1.45. The van der Waals surface area contributed by atoms with Crippen LogP contribution in [0.15, 0.2) is 12.3 Å². The number of nitrogens with two attached hydrogens (primary N) is 1. The van der Waals surface area contributed by atoms with Crippen molar-refractivity contribution in [1.29, 1.82) is 0 Å². The molecule has 0 fully saturated rings. The van der Waals surface area contributed by atoms with Gasteiger partial charge in [0.1, 0.15) is 0 Å². The Morgan fingerprint density at radius 3 is 2.89 bits per heavy atom. The summed E-state index contributed by atoms with van der Waals surface area (Å²) < 4.78 is 0. The average Bonchev–Trinajstić information content (AvgIpc) is 1.90. The highest BCUT2D eigenvalue weighted by molar-refractivity contribution is 5.77. The molecule has 0 radical (unpaired) electrons. The molecule has 1 atom stereocenters. The van der Waals surface area contributed by atoms with Crippen molar-refractivity contribution in [3.63, 3.8) is 0 Å². The molecule has 1 aliphatic heterocycles. The molecular formula is C6H10N2O. The SMILES string of the molecule is NC(=O)C1CC=CNC1. The lowest BCUT2D eigenvalue weighted by Gasteiger charge is -2.14. The van der Waals surface area contributed by atoms with Gasteiger partial charge in [-0.3, -0.25) is 4.79 Å². The molecule has 50 valence electrons. The van der Waals surface area contributed by atoms with Gasteiger partial charge in [0.15, 0.2) is 0 Å². The lowest BCUT2D eigenvalue weighted by atomic mass is 10.0. The van der Waals surface area contributed by atoms with Crippen LogP contribution in [0.1, 0.15) is 6.42 Å². The second-order valence-corrected chi connectivity index (χ2v) is 2.15. The van der Waals surface area contributed by atoms with E-state index in [1.165, 1.54) is 0 Å². The maximum atomic E-state index is 10.5. The third-order valence-electron chi connectivity index (χ3n) is 1.42. The zero-order chi connectivity index (χ0) is 6.69. The van der Waals surface area contributed by atoms with Gasteiger partial charge in [-0.25, -0.2) is 0 Å². The van der Waals surface area contributed by atoms with Crippen LogP contribution in [0.3, 0.4) is 0 Å². The Bertz CT molecular complexity index is 142. The van der Waals surface area contributed by atoms with Crippen molar-refractivity contribution in [3.05, 3.63) is 12.3 Å². The summed E-state index contributed by atoms with van der Waals surface area (Å²) in [6, 6.07) is 0. The first kappa shape index (κ1) is 6.13. The molecule has 0 aromatic carbocycles. The van der Waals surface area contributed by atoms with E-state index in [1.54, 1.807) is 0 Å². The summed E-state index contributed by atoms with van der Waals surface area (Å²) in [5.41, 5.74) is 5.05. The van der Waals surface area contributed by atoms with Gasteiger partial charge in [-0.2, -0.15) is 0 Å². The second kappa shape index (κ2) is 2.53. The van der Waals surface area contributed by atoms with Crippen LogP contribution in [0.2, 0.25) is 0 Å². The molecule has 3 heteroatoms. The van der Waals surface area contributed by atoms with Crippen LogP contribution in [0.5, 0.6) is 0 Å². The van der Waals surface area contributed by atoms with E-state index >= 15 is 0 Å². The molecule has 0 saturated heterocycles. The van der Waals surface area contributed by atoms with E-state index in [1.807, 2.05) is 12.3 Å². The summed E-state index contributed by atoms with van der Waals surface area (Å²) in [6.45, 7) is 0.686. The van der Waals surface area contributed by atoms with Crippen molar-refractivity contribution >= 4 is 5.91 Å². The molecule has 1 amide bonds. The van der Waals surface area contributed by atoms with E-state index in [0.29, 0.717) is 6.54 Å². The molecule has 9 heavy (non-hydrogen) atoms. The summed E-state index contributed by atoms with van der Waals surface area (Å²) in [7, 11) is 0. The highest BCUT2D eigenvalue weighted by atomic mass is 16.1. The molecule has 0 aliphatic carbocycles. The molecule has 3 nitrogen and oxygen atoms in total. The van der Waals surface area contributed by atoms with Gasteiger partial charge in [-0.1, -0.05) is 6.08 Å². The maximum absolute atomic E-state index is 10.5. The molecule has 0 aromatic rings. The van der Waals surface area contributed by atoms with Gasteiger partial charge < -0.3 is 11.1 Å². The molecule has 1 aliphatic rings. The van der Waals surface area contributed by atoms with Crippen LogP contribution in [0.4, 0.5) is 0 Å². The number of allylic oxidation sites excluding steroid dienone is 1. The minimum atomic E-state index is -0.216. The number of carbonyl (C=O) groups excluding carboxylic acids is 1. The molecular weight excluding hydrogens is 116 g/mol.